The first-order valence-electron chi connectivity index (χ1n) is 11.6. The lowest BCUT2D eigenvalue weighted by molar-refractivity contribution is 0.00578. The van der Waals surface area contributed by atoms with Crippen molar-refractivity contribution in [1.82, 2.24) is 14.9 Å². The number of fused-ring (bicyclic) bond motifs is 1. The molecule has 0 radical (unpaired) electrons. The highest BCUT2D eigenvalue weighted by atomic mass is 16.7. The van der Waals surface area contributed by atoms with Crippen LogP contribution >= 0.6 is 0 Å². The number of hydrogen-bond acceptors (Lipinski definition) is 5. The number of benzene rings is 1. The molecule has 1 aliphatic carbocycles. The van der Waals surface area contributed by atoms with E-state index in [-0.39, 0.29) is 30.5 Å². The Kier molecular flexibility index (Phi) is 4.86. The summed E-state index contributed by atoms with van der Waals surface area (Å²) in [5.41, 5.74) is 2.67. The predicted molar refractivity (Wildman–Crippen MR) is 127 cm³/mol. The average Bonchev–Trinajstić information content (AvgIpc) is 3.07. The minimum Gasteiger partial charge on any atom is -0.443 e. The minimum absolute atomic E-state index is 0.136. The maximum Gasteiger partial charge on any atom is 0.494 e. The van der Waals surface area contributed by atoms with Gasteiger partial charge in [0, 0.05) is 11.6 Å². The molecule has 0 spiro atoms. The summed E-state index contributed by atoms with van der Waals surface area (Å²) >= 11 is 0. The zero-order valence-corrected chi connectivity index (χ0v) is 20.4. The second kappa shape index (κ2) is 7.21. The number of carbonyl (C=O) groups is 1. The van der Waals surface area contributed by atoms with E-state index in [2.05, 4.69) is 43.7 Å². The Hall–Kier alpha value is -2.58. The minimum atomic E-state index is -0.539. The third-order valence-electron chi connectivity index (χ3n) is 6.96. The van der Waals surface area contributed by atoms with Gasteiger partial charge >= 0.3 is 13.2 Å². The summed E-state index contributed by atoms with van der Waals surface area (Å²) in [4.78, 5) is 22.6. The summed E-state index contributed by atoms with van der Waals surface area (Å²) in [5, 5.41) is 0. The van der Waals surface area contributed by atoms with Gasteiger partial charge in [-0.25, -0.2) is 9.78 Å². The maximum atomic E-state index is 12.8. The standard InChI is InChI=1S/C25H32BN3O4/c1-23(2,3)31-22(30)29-19-12-16(19)13-20(29)21-27-14-18(28-21)15-8-10-17(11-9-15)26-32-24(4,5)25(6,7)33-26/h8-12,14,16,20H,13H2,1-7H3,(H,27,28)/t16-,20+/m1/s1. The number of likely N-dealkylation sites (tertiary alicyclic amines) is 1. The molecule has 8 heteroatoms. The van der Waals surface area contributed by atoms with Gasteiger partial charge in [0.2, 0.25) is 0 Å². The lowest BCUT2D eigenvalue weighted by Gasteiger charge is -2.32. The van der Waals surface area contributed by atoms with E-state index in [0.717, 1.165) is 34.7 Å². The van der Waals surface area contributed by atoms with Gasteiger partial charge in [0.1, 0.15) is 11.4 Å². The lowest BCUT2D eigenvalue weighted by Crippen LogP contribution is -2.41. The van der Waals surface area contributed by atoms with Gasteiger partial charge in [-0.05, 0) is 65.9 Å². The monoisotopic (exact) mass is 449 g/mol. The van der Waals surface area contributed by atoms with Crippen molar-refractivity contribution in [2.75, 3.05) is 0 Å². The van der Waals surface area contributed by atoms with Crippen LogP contribution in [0.25, 0.3) is 11.3 Å². The van der Waals surface area contributed by atoms with Crippen LogP contribution in [0.2, 0.25) is 0 Å². The Morgan fingerprint density at radius 1 is 1.15 bits per heavy atom. The maximum absolute atomic E-state index is 12.8. The molecule has 2 aliphatic heterocycles. The number of H-pyrrole nitrogens is 1. The third-order valence-corrected chi connectivity index (χ3v) is 6.96. The fourth-order valence-corrected chi connectivity index (χ4v) is 4.36. The van der Waals surface area contributed by atoms with Crippen LogP contribution in [0.4, 0.5) is 4.79 Å². The first-order valence-corrected chi connectivity index (χ1v) is 11.6. The van der Waals surface area contributed by atoms with Gasteiger partial charge in [0.25, 0.3) is 0 Å². The van der Waals surface area contributed by atoms with Crippen molar-refractivity contribution in [3.05, 3.63) is 48.1 Å². The van der Waals surface area contributed by atoms with E-state index in [1.165, 1.54) is 0 Å². The van der Waals surface area contributed by atoms with Gasteiger partial charge in [-0.1, -0.05) is 30.3 Å². The van der Waals surface area contributed by atoms with E-state index in [0.29, 0.717) is 5.92 Å². The third kappa shape index (κ3) is 4.00. The summed E-state index contributed by atoms with van der Waals surface area (Å²) in [5.74, 6) is 1.12. The number of aromatic amines is 1. The molecule has 2 fully saturated rings. The first-order chi connectivity index (χ1) is 15.3. The molecule has 1 aromatic carbocycles. The van der Waals surface area contributed by atoms with E-state index in [1.807, 2.05) is 51.2 Å². The number of ether oxygens (including phenoxy) is 1. The van der Waals surface area contributed by atoms with Crippen molar-refractivity contribution < 1.29 is 18.8 Å². The molecule has 3 heterocycles. The topological polar surface area (TPSA) is 76.7 Å². The number of carbonyl (C=O) groups excluding carboxylic acids is 1. The van der Waals surface area contributed by atoms with Crippen molar-refractivity contribution >= 4 is 18.7 Å². The fourth-order valence-electron chi connectivity index (χ4n) is 4.36. The van der Waals surface area contributed by atoms with Crippen LogP contribution < -0.4 is 5.46 Å². The largest absolute Gasteiger partial charge is 0.494 e. The van der Waals surface area contributed by atoms with Crippen molar-refractivity contribution in [1.29, 1.82) is 0 Å². The second-order valence-corrected chi connectivity index (χ2v) is 11.2. The number of amides is 1. The molecule has 1 N–H and O–H groups in total. The Morgan fingerprint density at radius 2 is 1.79 bits per heavy atom. The summed E-state index contributed by atoms with van der Waals surface area (Å²) in [6.07, 6.45) is 4.45. The molecule has 5 rings (SSSR count). The second-order valence-electron chi connectivity index (χ2n) is 11.2. The van der Waals surface area contributed by atoms with E-state index in [9.17, 15) is 4.79 Å². The molecular weight excluding hydrogens is 417 g/mol. The molecule has 0 bridgehead atoms. The molecule has 2 aromatic rings. The van der Waals surface area contributed by atoms with Crippen LogP contribution in [0, 0.1) is 5.92 Å². The van der Waals surface area contributed by atoms with Crippen LogP contribution in [0.3, 0.4) is 0 Å². The lowest BCUT2D eigenvalue weighted by atomic mass is 9.79. The van der Waals surface area contributed by atoms with Crippen molar-refractivity contribution in [3.63, 3.8) is 0 Å². The summed E-state index contributed by atoms with van der Waals surface area (Å²) in [6, 6.07) is 8.00. The van der Waals surface area contributed by atoms with Crippen LogP contribution in [0.1, 0.15) is 66.8 Å². The molecular formula is C25H32BN3O4. The van der Waals surface area contributed by atoms with Crippen molar-refractivity contribution in [2.24, 2.45) is 5.92 Å². The number of allylic oxidation sites excluding steroid dienone is 2. The zero-order chi connectivity index (χ0) is 23.8. The van der Waals surface area contributed by atoms with Crippen molar-refractivity contribution in [3.8, 4) is 11.3 Å². The Labute approximate surface area is 195 Å². The van der Waals surface area contributed by atoms with Crippen LogP contribution in [-0.4, -0.2) is 44.9 Å². The molecule has 0 saturated carbocycles. The number of rotatable bonds is 3. The van der Waals surface area contributed by atoms with Crippen LogP contribution in [0.15, 0.2) is 42.2 Å². The molecule has 0 unspecified atom stereocenters. The first kappa shape index (κ1) is 22.2. The molecule has 174 valence electrons. The predicted octanol–water partition coefficient (Wildman–Crippen LogP) is 4.57. The molecule has 33 heavy (non-hydrogen) atoms. The van der Waals surface area contributed by atoms with Gasteiger partial charge in [-0.3, -0.25) is 4.90 Å². The SMILES string of the molecule is CC(C)(C)OC(=O)N1C2=C[C@@H]2C[C@H]1c1ncc(-c2ccc(B3OC(C)(C)C(C)(C)O3)cc2)[nH]1. The smallest absolute Gasteiger partial charge is 0.443 e. The average molecular weight is 449 g/mol. The van der Waals surface area contributed by atoms with E-state index < -0.39 is 5.60 Å². The molecule has 7 nitrogen and oxygen atoms in total. The quantitative estimate of drug-likeness (QED) is 0.695. The Balaban J connectivity index is 1.32. The highest BCUT2D eigenvalue weighted by Gasteiger charge is 2.52. The molecule has 3 aliphatic rings. The van der Waals surface area contributed by atoms with Gasteiger partial charge in [-0.15, -0.1) is 0 Å². The number of nitrogens with zero attached hydrogens (tertiary/aromatic N) is 2. The molecule has 1 amide bonds. The number of aromatic nitrogens is 2. The van der Waals surface area contributed by atoms with Gasteiger partial charge in [0.05, 0.1) is 29.1 Å². The Morgan fingerprint density at radius 3 is 2.39 bits per heavy atom. The van der Waals surface area contributed by atoms with E-state index in [4.69, 9.17) is 14.0 Å². The molecule has 2 atom stereocenters. The Bertz CT molecular complexity index is 1100. The van der Waals surface area contributed by atoms with Crippen LogP contribution in [-0.2, 0) is 14.0 Å². The zero-order valence-electron chi connectivity index (χ0n) is 20.4. The summed E-state index contributed by atoms with van der Waals surface area (Å²) < 4.78 is 17.9. The van der Waals surface area contributed by atoms with Gasteiger partial charge < -0.3 is 19.0 Å². The number of hydrogen-bond donors (Lipinski definition) is 1. The van der Waals surface area contributed by atoms with Gasteiger partial charge in [0.15, 0.2) is 0 Å². The van der Waals surface area contributed by atoms with E-state index in [1.54, 1.807) is 4.90 Å². The van der Waals surface area contributed by atoms with Crippen molar-refractivity contribution in [2.45, 2.75) is 77.7 Å². The molecule has 1 aromatic heterocycles. The highest BCUT2D eigenvalue weighted by Crippen LogP contribution is 2.51. The normalized spacial score (nSPS) is 25.1. The fraction of sp³-hybridized carbons (Fsp3) is 0.520. The van der Waals surface area contributed by atoms with Gasteiger partial charge in [-0.2, -0.15) is 0 Å². The summed E-state index contributed by atoms with van der Waals surface area (Å²) in [6.45, 7) is 13.9. The number of imidazole rings is 1. The van der Waals surface area contributed by atoms with Crippen LogP contribution in [0.5, 0.6) is 0 Å². The summed E-state index contributed by atoms with van der Waals surface area (Å²) in [7, 11) is -0.387. The molecule has 2 saturated heterocycles. The number of nitrogens with one attached hydrogen (secondary N) is 1. The highest BCUT2D eigenvalue weighted by molar-refractivity contribution is 6.62. The van der Waals surface area contributed by atoms with E-state index >= 15 is 0 Å².